The Morgan fingerprint density at radius 2 is 2.11 bits per heavy atom. The molecule has 2 rings (SSSR count). The van der Waals surface area contributed by atoms with Crippen LogP contribution in [0, 0.1) is 5.82 Å². The average molecular weight is 325 g/mol. The fraction of sp³-hybridized carbons (Fsp3) is 0. The van der Waals surface area contributed by atoms with Gasteiger partial charge in [-0.1, -0.05) is 6.07 Å². The van der Waals surface area contributed by atoms with E-state index in [4.69, 9.17) is 5.84 Å². The van der Waals surface area contributed by atoms with E-state index in [-0.39, 0.29) is 11.3 Å². The number of pyridine rings is 1. The topological polar surface area (TPSA) is 80.0 Å². The molecule has 0 unspecified atom stereocenters. The van der Waals surface area contributed by atoms with Crippen LogP contribution < -0.4 is 16.6 Å². The molecule has 7 heteroatoms. The number of hydrogen-bond acceptors (Lipinski definition) is 4. The highest BCUT2D eigenvalue weighted by Gasteiger charge is 2.14. The number of anilines is 2. The SMILES string of the molecule is NNc1c(F)cccc1C(=O)Nc1ccc(Br)cn1. The smallest absolute Gasteiger partial charge is 0.259 e. The van der Waals surface area contributed by atoms with Crippen LogP contribution in [0.1, 0.15) is 10.4 Å². The highest BCUT2D eigenvalue weighted by Crippen LogP contribution is 2.20. The van der Waals surface area contributed by atoms with Crippen molar-refractivity contribution >= 4 is 33.3 Å². The molecule has 0 saturated carbocycles. The summed E-state index contributed by atoms with van der Waals surface area (Å²) in [4.78, 5) is 16.0. The highest BCUT2D eigenvalue weighted by molar-refractivity contribution is 9.10. The number of carbonyl (C=O) groups excluding carboxylic acids is 1. The van der Waals surface area contributed by atoms with Gasteiger partial charge in [-0.2, -0.15) is 0 Å². The number of halogens is 2. The maximum atomic E-state index is 13.5. The molecule has 0 bridgehead atoms. The van der Waals surface area contributed by atoms with Crippen LogP contribution in [0.3, 0.4) is 0 Å². The second-order valence-electron chi connectivity index (χ2n) is 3.62. The number of para-hydroxylation sites is 1. The molecule has 4 N–H and O–H groups in total. The zero-order valence-corrected chi connectivity index (χ0v) is 11.2. The molecule has 1 aromatic carbocycles. The van der Waals surface area contributed by atoms with Gasteiger partial charge in [0.05, 0.1) is 11.3 Å². The van der Waals surface area contributed by atoms with E-state index in [0.29, 0.717) is 5.82 Å². The van der Waals surface area contributed by atoms with Gasteiger partial charge in [0.15, 0.2) is 0 Å². The second-order valence-corrected chi connectivity index (χ2v) is 4.54. The summed E-state index contributed by atoms with van der Waals surface area (Å²) in [6.45, 7) is 0. The number of nitrogens with one attached hydrogen (secondary N) is 2. The highest BCUT2D eigenvalue weighted by atomic mass is 79.9. The van der Waals surface area contributed by atoms with Crippen molar-refractivity contribution in [2.24, 2.45) is 5.84 Å². The Labute approximate surface area is 117 Å². The summed E-state index contributed by atoms with van der Waals surface area (Å²) in [5.74, 6) is 4.48. The van der Waals surface area contributed by atoms with Gasteiger partial charge in [0.2, 0.25) is 0 Å². The van der Waals surface area contributed by atoms with Crippen molar-refractivity contribution in [3.8, 4) is 0 Å². The number of nitrogens with two attached hydrogens (primary N) is 1. The van der Waals surface area contributed by atoms with E-state index in [1.807, 2.05) is 0 Å². The molecule has 0 spiro atoms. The fourth-order valence-electron chi connectivity index (χ4n) is 1.49. The van der Waals surface area contributed by atoms with Crippen LogP contribution in [0.4, 0.5) is 15.9 Å². The minimum atomic E-state index is -0.598. The Hall–Kier alpha value is -1.99. The van der Waals surface area contributed by atoms with Gasteiger partial charge in [-0.3, -0.25) is 10.6 Å². The molecular formula is C12H10BrFN4O. The molecule has 98 valence electrons. The monoisotopic (exact) mass is 324 g/mol. The summed E-state index contributed by atoms with van der Waals surface area (Å²) in [6.07, 6.45) is 1.54. The van der Waals surface area contributed by atoms with Crippen molar-refractivity contribution in [1.29, 1.82) is 0 Å². The van der Waals surface area contributed by atoms with Crippen LogP contribution in [0.15, 0.2) is 41.0 Å². The Balaban J connectivity index is 2.25. The summed E-state index contributed by atoms with van der Waals surface area (Å²) in [5.41, 5.74) is 2.22. The van der Waals surface area contributed by atoms with Crippen molar-refractivity contribution < 1.29 is 9.18 Å². The van der Waals surface area contributed by atoms with Gasteiger partial charge in [-0.05, 0) is 40.2 Å². The molecule has 0 aliphatic heterocycles. The summed E-state index contributed by atoms with van der Waals surface area (Å²) >= 11 is 3.24. The van der Waals surface area contributed by atoms with Gasteiger partial charge in [-0.15, -0.1) is 0 Å². The van der Waals surface area contributed by atoms with E-state index >= 15 is 0 Å². The predicted molar refractivity (Wildman–Crippen MR) is 74.1 cm³/mol. The first-order chi connectivity index (χ1) is 9.11. The van der Waals surface area contributed by atoms with Crippen molar-refractivity contribution in [2.45, 2.75) is 0 Å². The van der Waals surface area contributed by atoms with E-state index in [1.54, 1.807) is 18.3 Å². The van der Waals surface area contributed by atoms with Crippen molar-refractivity contribution in [1.82, 2.24) is 4.98 Å². The Morgan fingerprint density at radius 3 is 2.74 bits per heavy atom. The minimum Gasteiger partial charge on any atom is -0.321 e. The number of rotatable bonds is 3. The predicted octanol–water partition coefficient (Wildman–Crippen LogP) is 2.52. The lowest BCUT2D eigenvalue weighted by Crippen LogP contribution is -2.18. The quantitative estimate of drug-likeness (QED) is 0.598. The first kappa shape index (κ1) is 13.4. The van der Waals surface area contributed by atoms with Crippen molar-refractivity contribution in [3.63, 3.8) is 0 Å². The van der Waals surface area contributed by atoms with Crippen LogP contribution in [0.25, 0.3) is 0 Å². The maximum Gasteiger partial charge on any atom is 0.259 e. The molecule has 2 aromatic rings. The Kier molecular flexibility index (Phi) is 4.08. The van der Waals surface area contributed by atoms with Crippen LogP contribution in [0.5, 0.6) is 0 Å². The number of benzene rings is 1. The third kappa shape index (κ3) is 3.07. The molecule has 1 amide bonds. The molecule has 1 heterocycles. The van der Waals surface area contributed by atoms with E-state index in [2.05, 4.69) is 31.7 Å². The number of hydrogen-bond donors (Lipinski definition) is 3. The van der Waals surface area contributed by atoms with Crippen LogP contribution >= 0.6 is 15.9 Å². The third-order valence-electron chi connectivity index (χ3n) is 2.37. The van der Waals surface area contributed by atoms with Gasteiger partial charge < -0.3 is 10.7 Å². The van der Waals surface area contributed by atoms with Gasteiger partial charge >= 0.3 is 0 Å². The van der Waals surface area contributed by atoms with Gasteiger partial charge in [0, 0.05) is 10.7 Å². The van der Waals surface area contributed by atoms with Crippen molar-refractivity contribution in [3.05, 3.63) is 52.4 Å². The zero-order valence-electron chi connectivity index (χ0n) is 9.65. The van der Waals surface area contributed by atoms with E-state index in [1.165, 1.54) is 18.2 Å². The summed E-state index contributed by atoms with van der Waals surface area (Å²) in [7, 11) is 0. The van der Waals surface area contributed by atoms with Gasteiger partial charge in [0.25, 0.3) is 5.91 Å². The second kappa shape index (κ2) is 5.77. The van der Waals surface area contributed by atoms with Crippen LogP contribution in [0.2, 0.25) is 0 Å². The molecule has 0 aliphatic rings. The maximum absolute atomic E-state index is 13.5. The van der Waals surface area contributed by atoms with Gasteiger partial charge in [-0.25, -0.2) is 9.37 Å². The normalized spacial score (nSPS) is 10.1. The number of nitrogens with zero attached hydrogens (tertiary/aromatic N) is 1. The summed E-state index contributed by atoms with van der Waals surface area (Å²) in [5, 5.41) is 2.55. The first-order valence-corrected chi connectivity index (χ1v) is 6.09. The lowest BCUT2D eigenvalue weighted by molar-refractivity contribution is 0.102. The number of hydrazine groups is 1. The molecule has 5 nitrogen and oxygen atoms in total. The molecule has 0 atom stereocenters. The average Bonchev–Trinajstić information content (AvgIpc) is 2.41. The lowest BCUT2D eigenvalue weighted by Gasteiger charge is -2.09. The van der Waals surface area contributed by atoms with Crippen molar-refractivity contribution in [2.75, 3.05) is 10.7 Å². The molecule has 19 heavy (non-hydrogen) atoms. The lowest BCUT2D eigenvalue weighted by atomic mass is 10.1. The zero-order chi connectivity index (χ0) is 13.8. The number of amides is 1. The van der Waals surface area contributed by atoms with Crippen LogP contribution in [-0.4, -0.2) is 10.9 Å². The number of nitrogen functional groups attached to an aromatic ring is 1. The molecule has 0 radical (unpaired) electrons. The third-order valence-corrected chi connectivity index (χ3v) is 2.84. The Bertz CT molecular complexity index is 603. The number of carbonyl (C=O) groups is 1. The summed E-state index contributed by atoms with van der Waals surface area (Å²) in [6, 6.07) is 7.46. The van der Waals surface area contributed by atoms with Gasteiger partial charge in [0.1, 0.15) is 11.6 Å². The number of aromatic nitrogens is 1. The first-order valence-electron chi connectivity index (χ1n) is 5.30. The minimum absolute atomic E-state index is 0.0582. The van der Waals surface area contributed by atoms with E-state index in [0.717, 1.165) is 4.47 Å². The Morgan fingerprint density at radius 1 is 1.32 bits per heavy atom. The molecular weight excluding hydrogens is 315 g/mol. The molecule has 0 aliphatic carbocycles. The molecule has 0 fully saturated rings. The van der Waals surface area contributed by atoms with E-state index < -0.39 is 11.7 Å². The molecule has 1 aromatic heterocycles. The molecule has 0 saturated heterocycles. The summed E-state index contributed by atoms with van der Waals surface area (Å²) < 4.78 is 14.3. The van der Waals surface area contributed by atoms with Crippen LogP contribution in [-0.2, 0) is 0 Å². The van der Waals surface area contributed by atoms with E-state index in [9.17, 15) is 9.18 Å². The standard InChI is InChI=1S/C12H10BrFN4O/c13-7-4-5-10(16-6-7)17-12(19)8-2-1-3-9(14)11(8)18-15/h1-6,18H,15H2,(H,16,17,19). The largest absolute Gasteiger partial charge is 0.321 e. The fourth-order valence-corrected chi connectivity index (χ4v) is 1.73.